The minimum atomic E-state index is -1.54. The number of H-pyrrole nitrogens is 1. The number of hydrogen-bond donors (Lipinski definition) is 2. The molecule has 29 heavy (non-hydrogen) atoms. The molecule has 1 heterocycles. The van der Waals surface area contributed by atoms with E-state index in [0.29, 0.717) is 23.0 Å². The maximum absolute atomic E-state index is 13.9. The van der Waals surface area contributed by atoms with Gasteiger partial charge in [-0.15, -0.1) is 0 Å². The highest BCUT2D eigenvalue weighted by Gasteiger charge is 2.22. The molecule has 0 spiro atoms. The fourth-order valence-electron chi connectivity index (χ4n) is 3.45. The van der Waals surface area contributed by atoms with Crippen LogP contribution in [0.3, 0.4) is 0 Å². The second-order valence-electron chi connectivity index (χ2n) is 6.77. The largest absolute Gasteiger partial charge is 0.304 e. The Hall–Kier alpha value is -3.61. The lowest BCUT2D eigenvalue weighted by atomic mass is 9.95. The van der Waals surface area contributed by atoms with E-state index in [4.69, 9.17) is 0 Å². The van der Waals surface area contributed by atoms with Gasteiger partial charge < -0.3 is 5.32 Å². The smallest absolute Gasteiger partial charge is 0.262 e. The third-order valence-electron chi connectivity index (χ3n) is 4.84. The molecule has 0 fully saturated rings. The Morgan fingerprint density at radius 3 is 2.38 bits per heavy atom. The summed E-state index contributed by atoms with van der Waals surface area (Å²) in [6.07, 6.45) is 0. The van der Waals surface area contributed by atoms with Crippen LogP contribution in [0.5, 0.6) is 0 Å². The highest BCUT2D eigenvalue weighted by Crippen LogP contribution is 2.31. The Labute approximate surface area is 164 Å². The average Bonchev–Trinajstić information content (AvgIpc) is 3.07. The summed E-state index contributed by atoms with van der Waals surface area (Å²) in [5.74, 6) is -5.02. The van der Waals surface area contributed by atoms with E-state index in [0.717, 1.165) is 22.3 Å². The molecule has 2 N–H and O–H groups in total. The monoisotopic (exact) mass is 395 g/mol. The van der Waals surface area contributed by atoms with Crippen molar-refractivity contribution in [1.82, 2.24) is 10.2 Å². The predicted octanol–water partition coefficient (Wildman–Crippen LogP) is 5.52. The lowest BCUT2D eigenvalue weighted by molar-refractivity contribution is 0.101. The molecule has 4 rings (SSSR count). The van der Waals surface area contributed by atoms with Crippen LogP contribution in [0.1, 0.15) is 21.5 Å². The average molecular weight is 395 g/mol. The number of nitrogens with zero attached hydrogens (tertiary/aromatic N) is 1. The van der Waals surface area contributed by atoms with E-state index < -0.39 is 28.9 Å². The topological polar surface area (TPSA) is 57.8 Å². The van der Waals surface area contributed by atoms with Crippen LogP contribution in [0.15, 0.2) is 48.5 Å². The Balaban J connectivity index is 1.71. The molecule has 1 aromatic heterocycles. The van der Waals surface area contributed by atoms with Crippen molar-refractivity contribution >= 4 is 22.6 Å². The van der Waals surface area contributed by atoms with Gasteiger partial charge in [0.25, 0.3) is 5.91 Å². The molecule has 4 nitrogen and oxygen atoms in total. The van der Waals surface area contributed by atoms with Crippen LogP contribution in [-0.4, -0.2) is 16.1 Å². The van der Waals surface area contributed by atoms with Crippen LogP contribution in [0.25, 0.3) is 22.0 Å². The second-order valence-corrected chi connectivity index (χ2v) is 6.77. The number of aromatic amines is 1. The zero-order valence-electron chi connectivity index (χ0n) is 15.6. The number of hydrogen-bond acceptors (Lipinski definition) is 2. The molecule has 0 bridgehead atoms. The highest BCUT2D eigenvalue weighted by molar-refractivity contribution is 6.08. The molecule has 0 aliphatic heterocycles. The number of carbonyl (C=O) groups excluding carboxylic acids is 1. The summed E-state index contributed by atoms with van der Waals surface area (Å²) < 4.78 is 41.1. The molecule has 0 saturated carbocycles. The third kappa shape index (κ3) is 3.24. The Morgan fingerprint density at radius 1 is 0.966 bits per heavy atom. The normalized spacial score (nSPS) is 11.1. The number of aromatic nitrogens is 2. The first-order chi connectivity index (χ1) is 13.9. The number of benzene rings is 3. The Bertz CT molecular complexity index is 1240. The molecule has 146 valence electrons. The van der Waals surface area contributed by atoms with Gasteiger partial charge in [-0.1, -0.05) is 24.3 Å². The molecule has 3 aromatic carbocycles. The molecule has 7 heteroatoms. The Morgan fingerprint density at radius 2 is 1.66 bits per heavy atom. The van der Waals surface area contributed by atoms with Crippen LogP contribution in [0, 0.1) is 31.3 Å². The molecule has 0 aliphatic rings. The zero-order chi connectivity index (χ0) is 20.7. The van der Waals surface area contributed by atoms with Crippen LogP contribution >= 0.6 is 0 Å². The molecule has 0 saturated heterocycles. The summed E-state index contributed by atoms with van der Waals surface area (Å²) in [5, 5.41) is 9.74. The molecule has 0 aliphatic carbocycles. The first-order valence-electron chi connectivity index (χ1n) is 8.86. The number of nitrogens with one attached hydrogen (secondary N) is 2. The molecule has 4 aromatic rings. The summed E-state index contributed by atoms with van der Waals surface area (Å²) in [6, 6.07) is 12.9. The van der Waals surface area contributed by atoms with E-state index in [9.17, 15) is 18.0 Å². The quantitative estimate of drug-likeness (QED) is 0.449. The van der Waals surface area contributed by atoms with Gasteiger partial charge in [0.05, 0.1) is 5.52 Å². The van der Waals surface area contributed by atoms with E-state index in [-0.39, 0.29) is 5.82 Å². The molecule has 1 amide bonds. The second kappa shape index (κ2) is 7.09. The van der Waals surface area contributed by atoms with Crippen molar-refractivity contribution in [2.75, 3.05) is 5.32 Å². The van der Waals surface area contributed by atoms with Crippen molar-refractivity contribution in [3.63, 3.8) is 0 Å². The van der Waals surface area contributed by atoms with Crippen molar-refractivity contribution in [2.24, 2.45) is 0 Å². The zero-order valence-corrected chi connectivity index (χ0v) is 15.6. The van der Waals surface area contributed by atoms with Crippen molar-refractivity contribution in [3.05, 3.63) is 82.7 Å². The van der Waals surface area contributed by atoms with Crippen molar-refractivity contribution < 1.29 is 18.0 Å². The van der Waals surface area contributed by atoms with Crippen LogP contribution in [0.2, 0.25) is 0 Å². The van der Waals surface area contributed by atoms with Crippen molar-refractivity contribution in [1.29, 1.82) is 0 Å². The number of fused-ring (bicyclic) bond motifs is 1. The Kier molecular flexibility index (Phi) is 4.58. The highest BCUT2D eigenvalue weighted by atomic mass is 19.2. The van der Waals surface area contributed by atoms with Gasteiger partial charge in [-0.05, 0) is 60.4 Å². The van der Waals surface area contributed by atoms with Crippen molar-refractivity contribution in [3.8, 4) is 11.1 Å². The van der Waals surface area contributed by atoms with Gasteiger partial charge in [0.15, 0.2) is 17.5 Å². The number of carbonyl (C=O) groups is 1. The SMILES string of the molecule is Cc1cccc(C)c1-c1ccc2c(NC(=O)c3c(F)ccc(F)c3F)n[nH]c2c1. The number of halogens is 3. The van der Waals surface area contributed by atoms with Crippen LogP contribution in [0.4, 0.5) is 19.0 Å². The number of rotatable bonds is 3. The van der Waals surface area contributed by atoms with Crippen LogP contribution < -0.4 is 5.32 Å². The molecule has 0 atom stereocenters. The maximum atomic E-state index is 13.9. The number of amides is 1. The first-order valence-corrected chi connectivity index (χ1v) is 8.86. The molecular weight excluding hydrogens is 379 g/mol. The summed E-state index contributed by atoms with van der Waals surface area (Å²) >= 11 is 0. The lowest BCUT2D eigenvalue weighted by Crippen LogP contribution is -2.17. The number of anilines is 1. The van der Waals surface area contributed by atoms with Gasteiger partial charge in [-0.25, -0.2) is 13.2 Å². The van der Waals surface area contributed by atoms with Crippen LogP contribution in [-0.2, 0) is 0 Å². The summed E-state index contributed by atoms with van der Waals surface area (Å²) in [5.41, 5.74) is 3.95. The molecule has 0 radical (unpaired) electrons. The van der Waals surface area contributed by atoms with E-state index >= 15 is 0 Å². The standard InChI is InChI=1S/C22H16F3N3O/c1-11-4-3-5-12(2)18(11)13-6-7-14-17(10-13)27-28-21(14)26-22(29)19-15(23)8-9-16(24)20(19)25/h3-10H,1-2H3,(H2,26,27,28,29). The van der Waals surface area contributed by atoms with Gasteiger partial charge in [-0.3, -0.25) is 9.89 Å². The lowest BCUT2D eigenvalue weighted by Gasteiger charge is -2.10. The van der Waals surface area contributed by atoms with Gasteiger partial charge >= 0.3 is 0 Å². The van der Waals surface area contributed by atoms with Gasteiger partial charge in [0, 0.05) is 5.39 Å². The van der Waals surface area contributed by atoms with Gasteiger partial charge in [0.2, 0.25) is 0 Å². The maximum Gasteiger partial charge on any atom is 0.262 e. The minimum absolute atomic E-state index is 0.0983. The third-order valence-corrected chi connectivity index (χ3v) is 4.84. The van der Waals surface area contributed by atoms with E-state index in [2.05, 4.69) is 15.5 Å². The van der Waals surface area contributed by atoms with Crippen molar-refractivity contribution in [2.45, 2.75) is 13.8 Å². The fourth-order valence-corrected chi connectivity index (χ4v) is 3.45. The van der Waals surface area contributed by atoms with Gasteiger partial charge in [0.1, 0.15) is 11.4 Å². The van der Waals surface area contributed by atoms with Gasteiger partial charge in [-0.2, -0.15) is 5.10 Å². The van der Waals surface area contributed by atoms with E-state index in [1.165, 1.54) is 0 Å². The molecule has 0 unspecified atom stereocenters. The van der Waals surface area contributed by atoms with E-state index in [1.54, 1.807) is 6.07 Å². The first kappa shape index (κ1) is 18.7. The minimum Gasteiger partial charge on any atom is -0.304 e. The predicted molar refractivity (Wildman–Crippen MR) is 105 cm³/mol. The summed E-state index contributed by atoms with van der Waals surface area (Å²) in [4.78, 5) is 12.3. The molecular formula is C22H16F3N3O. The summed E-state index contributed by atoms with van der Waals surface area (Å²) in [6.45, 7) is 4.04. The summed E-state index contributed by atoms with van der Waals surface area (Å²) in [7, 11) is 0. The number of aryl methyl sites for hydroxylation is 2. The van der Waals surface area contributed by atoms with E-state index in [1.807, 2.05) is 44.2 Å². The fraction of sp³-hybridized carbons (Fsp3) is 0.0909.